The second kappa shape index (κ2) is 3.28. The van der Waals surface area contributed by atoms with Crippen LogP contribution in [-0.4, -0.2) is 34.1 Å². The number of ether oxygens (including phenoxy) is 2. The van der Waals surface area contributed by atoms with Crippen LogP contribution >= 0.6 is 11.8 Å². The van der Waals surface area contributed by atoms with Crippen LogP contribution in [0.25, 0.3) is 0 Å². The molecule has 0 aliphatic carbocycles. The number of hydrogen-bond acceptors (Lipinski definition) is 5. The molecule has 0 amide bonds. The van der Waals surface area contributed by atoms with Crippen molar-refractivity contribution in [2.24, 2.45) is 5.92 Å². The molecule has 5 heteroatoms. The zero-order valence-corrected chi connectivity index (χ0v) is 10.6. The van der Waals surface area contributed by atoms with E-state index < -0.39 is 5.97 Å². The van der Waals surface area contributed by atoms with Gasteiger partial charge >= 0.3 is 11.9 Å². The highest BCUT2D eigenvalue weighted by Crippen LogP contribution is 2.62. The summed E-state index contributed by atoms with van der Waals surface area (Å²) in [6.07, 6.45) is 0.148. The molecule has 3 saturated heterocycles. The third-order valence-corrected chi connectivity index (χ3v) is 5.59. The van der Waals surface area contributed by atoms with Crippen molar-refractivity contribution in [3.05, 3.63) is 12.2 Å². The molecule has 4 nitrogen and oxygen atoms in total. The largest absolute Gasteiger partial charge is 0.457 e. The van der Waals surface area contributed by atoms with Crippen LogP contribution in [0.4, 0.5) is 0 Å². The van der Waals surface area contributed by atoms with Crippen molar-refractivity contribution in [3.63, 3.8) is 0 Å². The van der Waals surface area contributed by atoms with Crippen molar-refractivity contribution in [2.75, 3.05) is 0 Å². The van der Waals surface area contributed by atoms with Gasteiger partial charge in [-0.2, -0.15) is 0 Å². The van der Waals surface area contributed by atoms with E-state index >= 15 is 0 Å². The molecule has 5 atom stereocenters. The predicted octanol–water partition coefficient (Wildman–Crippen LogP) is 1.29. The van der Waals surface area contributed by atoms with Crippen LogP contribution in [0, 0.1) is 5.92 Å². The van der Waals surface area contributed by atoms with Gasteiger partial charge < -0.3 is 9.47 Å². The van der Waals surface area contributed by atoms with Crippen molar-refractivity contribution in [1.29, 1.82) is 0 Å². The summed E-state index contributed by atoms with van der Waals surface area (Å²) in [5.41, 5.74) is 0.377. The van der Waals surface area contributed by atoms with Crippen molar-refractivity contribution in [1.82, 2.24) is 0 Å². The number of thioether (sulfide) groups is 1. The van der Waals surface area contributed by atoms with Gasteiger partial charge in [-0.15, -0.1) is 11.8 Å². The van der Waals surface area contributed by atoms with Crippen molar-refractivity contribution < 1.29 is 19.1 Å². The lowest BCUT2D eigenvalue weighted by atomic mass is 9.81. The van der Waals surface area contributed by atoms with E-state index in [-0.39, 0.29) is 34.1 Å². The van der Waals surface area contributed by atoms with Gasteiger partial charge in [-0.1, -0.05) is 6.58 Å². The quantitative estimate of drug-likeness (QED) is 0.549. The van der Waals surface area contributed by atoms with Crippen LogP contribution in [0.2, 0.25) is 0 Å². The van der Waals surface area contributed by atoms with Gasteiger partial charge in [0.05, 0.1) is 15.9 Å². The van der Waals surface area contributed by atoms with E-state index in [0.717, 1.165) is 6.42 Å². The van der Waals surface area contributed by atoms with Gasteiger partial charge in [-0.25, -0.2) is 4.79 Å². The van der Waals surface area contributed by atoms with Crippen LogP contribution in [0.1, 0.15) is 20.3 Å². The Morgan fingerprint density at radius 1 is 1.65 bits per heavy atom. The fourth-order valence-corrected chi connectivity index (χ4v) is 4.89. The fourth-order valence-electron chi connectivity index (χ4n) is 2.97. The first-order chi connectivity index (χ1) is 7.92. The Hall–Kier alpha value is -0.970. The molecule has 2 bridgehead atoms. The highest BCUT2D eigenvalue weighted by Gasteiger charge is 2.69. The van der Waals surface area contributed by atoms with Gasteiger partial charge in [0.25, 0.3) is 0 Å². The van der Waals surface area contributed by atoms with Crippen LogP contribution in [-0.2, 0) is 19.1 Å². The Bertz CT molecular complexity index is 432. The van der Waals surface area contributed by atoms with Crippen LogP contribution in [0.15, 0.2) is 12.2 Å². The van der Waals surface area contributed by atoms with Crippen molar-refractivity contribution in [3.8, 4) is 0 Å². The maximum absolute atomic E-state index is 11.6. The van der Waals surface area contributed by atoms with Gasteiger partial charge in [0.15, 0.2) is 12.2 Å². The second-order valence-electron chi connectivity index (χ2n) is 5.21. The zero-order valence-electron chi connectivity index (χ0n) is 9.76. The summed E-state index contributed by atoms with van der Waals surface area (Å²) in [6.45, 7) is 7.23. The lowest BCUT2D eigenvalue weighted by molar-refractivity contribution is -0.157. The molecule has 0 aromatic carbocycles. The molecule has 92 valence electrons. The summed E-state index contributed by atoms with van der Waals surface area (Å²) >= 11 is 1.73. The Labute approximate surface area is 104 Å². The third kappa shape index (κ3) is 1.38. The molecule has 3 aliphatic rings. The third-order valence-electron chi connectivity index (χ3n) is 3.79. The maximum Gasteiger partial charge on any atom is 0.333 e. The highest BCUT2D eigenvalue weighted by atomic mass is 32.2. The molecule has 0 aromatic rings. The Morgan fingerprint density at radius 2 is 2.35 bits per heavy atom. The normalized spacial score (nSPS) is 45.9. The number of carbonyl (C=O) groups is 2. The zero-order chi connectivity index (χ0) is 12.4. The second-order valence-corrected chi connectivity index (χ2v) is 6.93. The Balaban J connectivity index is 1.85. The van der Waals surface area contributed by atoms with Gasteiger partial charge in [0.2, 0.25) is 0 Å². The average Bonchev–Trinajstić information content (AvgIpc) is 2.78. The number of rotatable bonds is 2. The summed E-state index contributed by atoms with van der Waals surface area (Å²) in [5, 5.41) is 0.162. The van der Waals surface area contributed by atoms with Gasteiger partial charge in [-0.3, -0.25) is 4.79 Å². The first-order valence-corrected chi connectivity index (χ1v) is 6.55. The van der Waals surface area contributed by atoms with Crippen LogP contribution in [0.5, 0.6) is 0 Å². The van der Waals surface area contributed by atoms with E-state index in [1.165, 1.54) is 0 Å². The van der Waals surface area contributed by atoms with Crippen molar-refractivity contribution in [2.45, 2.75) is 42.5 Å². The maximum atomic E-state index is 11.6. The summed E-state index contributed by atoms with van der Waals surface area (Å²) in [7, 11) is 0. The highest BCUT2D eigenvalue weighted by molar-refractivity contribution is 8.02. The molecule has 3 rings (SSSR count). The molecule has 0 radical (unpaired) electrons. The minimum atomic E-state index is -0.399. The first-order valence-electron chi connectivity index (χ1n) is 5.67. The van der Waals surface area contributed by atoms with E-state index in [9.17, 15) is 9.59 Å². The van der Waals surface area contributed by atoms with E-state index in [2.05, 4.69) is 6.58 Å². The molecule has 0 N–H and O–H groups in total. The predicted molar refractivity (Wildman–Crippen MR) is 62.5 cm³/mol. The fraction of sp³-hybridized carbons (Fsp3) is 0.667. The molecular formula is C12H14O4S. The topological polar surface area (TPSA) is 52.6 Å². The molecule has 3 fully saturated rings. The van der Waals surface area contributed by atoms with Gasteiger partial charge in [-0.05, 0) is 20.3 Å². The van der Waals surface area contributed by atoms with Crippen molar-refractivity contribution >= 4 is 23.7 Å². The van der Waals surface area contributed by atoms with Gasteiger partial charge in [0.1, 0.15) is 0 Å². The lowest BCUT2D eigenvalue weighted by Gasteiger charge is -2.31. The molecule has 0 saturated carbocycles. The molecule has 3 aliphatic heterocycles. The molecule has 0 aromatic heterocycles. The van der Waals surface area contributed by atoms with Crippen LogP contribution < -0.4 is 0 Å². The van der Waals surface area contributed by atoms with E-state index in [1.54, 1.807) is 18.7 Å². The lowest BCUT2D eigenvalue weighted by Crippen LogP contribution is -2.46. The van der Waals surface area contributed by atoms with Gasteiger partial charge in [0, 0.05) is 5.57 Å². The molecule has 0 spiro atoms. The smallest absolute Gasteiger partial charge is 0.333 e. The SMILES string of the molecule is C=C(C)C(=O)OC1C2OC(=O)C3CC1(C)SC32. The Morgan fingerprint density at radius 3 is 3.00 bits per heavy atom. The van der Waals surface area contributed by atoms with Crippen LogP contribution in [0.3, 0.4) is 0 Å². The molecule has 17 heavy (non-hydrogen) atoms. The van der Waals surface area contributed by atoms with E-state index in [0.29, 0.717) is 5.57 Å². The number of hydrogen-bond donors (Lipinski definition) is 0. The molecule has 3 heterocycles. The molecular weight excluding hydrogens is 240 g/mol. The number of esters is 2. The summed E-state index contributed by atoms with van der Waals surface area (Å²) < 4.78 is 10.6. The first kappa shape index (κ1) is 11.1. The summed E-state index contributed by atoms with van der Waals surface area (Å²) in [6, 6.07) is 0. The number of fused-ring (bicyclic) bond motifs is 1. The minimum Gasteiger partial charge on any atom is -0.457 e. The number of carbonyl (C=O) groups excluding carboxylic acids is 2. The molecule has 5 unspecified atom stereocenters. The van der Waals surface area contributed by atoms with E-state index in [4.69, 9.17) is 9.47 Å². The van der Waals surface area contributed by atoms with E-state index in [1.807, 2.05) is 6.92 Å². The summed E-state index contributed by atoms with van der Waals surface area (Å²) in [5.74, 6) is -0.538. The average molecular weight is 254 g/mol. The monoisotopic (exact) mass is 254 g/mol. The minimum absolute atomic E-state index is 0.00483. The standard InChI is InChI=1S/C12H14O4S/c1-5(2)10(13)16-9-7-8-6(11(14)15-7)4-12(9,3)17-8/h6-9H,1,4H2,2-3H3. The Kier molecular flexibility index (Phi) is 2.15. The summed E-state index contributed by atoms with van der Waals surface area (Å²) in [4.78, 5) is 23.2.